The number of methoxy groups -OCH3 is 1. The molecule has 0 aliphatic heterocycles. The lowest BCUT2D eigenvalue weighted by Gasteiger charge is -2.14. The second-order valence-electron chi connectivity index (χ2n) is 4.26. The van der Waals surface area contributed by atoms with Gasteiger partial charge in [0.25, 0.3) is 0 Å². The maximum Gasteiger partial charge on any atom is 0.203 e. The summed E-state index contributed by atoms with van der Waals surface area (Å²) in [7, 11) is 1.70. The van der Waals surface area contributed by atoms with Crippen molar-refractivity contribution >= 4 is 17.3 Å². The van der Waals surface area contributed by atoms with Gasteiger partial charge < -0.3 is 14.6 Å². The van der Waals surface area contributed by atoms with Gasteiger partial charge in [-0.15, -0.1) is 11.3 Å². The molecule has 1 atom stereocenters. The van der Waals surface area contributed by atoms with Gasteiger partial charge >= 0.3 is 0 Å². The van der Waals surface area contributed by atoms with Gasteiger partial charge in [-0.25, -0.2) is 9.97 Å². The van der Waals surface area contributed by atoms with Crippen molar-refractivity contribution in [1.82, 2.24) is 14.5 Å². The van der Waals surface area contributed by atoms with E-state index in [1.165, 1.54) is 0 Å². The summed E-state index contributed by atoms with van der Waals surface area (Å²) in [4.78, 5) is 8.77. The van der Waals surface area contributed by atoms with Crippen LogP contribution in [0.3, 0.4) is 0 Å². The van der Waals surface area contributed by atoms with Crippen LogP contribution in [0.1, 0.15) is 17.6 Å². The quantitative estimate of drug-likeness (QED) is 0.870. The summed E-state index contributed by atoms with van der Waals surface area (Å²) in [5, 5.41) is 6.48. The SMILES string of the molecule is COCC(C)Nc1nccn1Cc1nc(C)cs1. The monoisotopic (exact) mass is 266 g/mol. The van der Waals surface area contributed by atoms with Crippen molar-refractivity contribution in [2.75, 3.05) is 19.0 Å². The number of hydrogen-bond acceptors (Lipinski definition) is 5. The van der Waals surface area contributed by atoms with Crippen molar-refractivity contribution in [3.63, 3.8) is 0 Å². The first kappa shape index (κ1) is 13.0. The first-order valence-corrected chi connectivity index (χ1v) is 6.74. The Labute approximate surface area is 111 Å². The van der Waals surface area contributed by atoms with Crippen LogP contribution < -0.4 is 5.32 Å². The minimum Gasteiger partial charge on any atom is -0.383 e. The molecule has 0 saturated heterocycles. The topological polar surface area (TPSA) is 52.0 Å². The predicted molar refractivity (Wildman–Crippen MR) is 73.1 cm³/mol. The van der Waals surface area contributed by atoms with Crippen LogP contribution in [0.2, 0.25) is 0 Å². The molecule has 2 aromatic heterocycles. The van der Waals surface area contributed by atoms with Crippen molar-refractivity contribution in [2.45, 2.75) is 26.4 Å². The molecule has 0 aliphatic rings. The Morgan fingerprint density at radius 2 is 2.39 bits per heavy atom. The van der Waals surface area contributed by atoms with Gasteiger partial charge in [0.2, 0.25) is 5.95 Å². The molecule has 1 N–H and O–H groups in total. The Kier molecular flexibility index (Phi) is 4.33. The van der Waals surface area contributed by atoms with Gasteiger partial charge in [0.15, 0.2) is 0 Å². The molecule has 18 heavy (non-hydrogen) atoms. The fourth-order valence-corrected chi connectivity index (χ4v) is 2.48. The van der Waals surface area contributed by atoms with Gasteiger partial charge in [-0.2, -0.15) is 0 Å². The van der Waals surface area contributed by atoms with Crippen molar-refractivity contribution in [1.29, 1.82) is 0 Å². The maximum atomic E-state index is 5.10. The highest BCUT2D eigenvalue weighted by Crippen LogP contribution is 2.14. The minimum absolute atomic E-state index is 0.231. The molecule has 0 spiro atoms. The lowest BCUT2D eigenvalue weighted by Crippen LogP contribution is -2.23. The number of hydrogen-bond donors (Lipinski definition) is 1. The largest absolute Gasteiger partial charge is 0.383 e. The van der Waals surface area contributed by atoms with Gasteiger partial charge in [-0.05, 0) is 13.8 Å². The van der Waals surface area contributed by atoms with Crippen LogP contribution >= 0.6 is 11.3 Å². The molecule has 1 unspecified atom stereocenters. The zero-order chi connectivity index (χ0) is 13.0. The molecule has 0 fully saturated rings. The van der Waals surface area contributed by atoms with Crippen LogP contribution in [0.25, 0.3) is 0 Å². The first-order valence-electron chi connectivity index (χ1n) is 5.86. The normalized spacial score (nSPS) is 12.6. The Bertz CT molecular complexity index is 494. The Morgan fingerprint density at radius 3 is 3.06 bits per heavy atom. The van der Waals surface area contributed by atoms with Crippen LogP contribution in [0.5, 0.6) is 0 Å². The third kappa shape index (κ3) is 3.30. The van der Waals surface area contributed by atoms with Crippen LogP contribution in [0, 0.1) is 6.92 Å². The molecule has 0 bridgehead atoms. The number of nitrogens with one attached hydrogen (secondary N) is 1. The van der Waals surface area contributed by atoms with E-state index >= 15 is 0 Å². The summed E-state index contributed by atoms with van der Waals surface area (Å²) in [6.45, 7) is 5.48. The minimum atomic E-state index is 0.231. The molecule has 5 nitrogen and oxygen atoms in total. The van der Waals surface area contributed by atoms with Crippen LogP contribution in [-0.4, -0.2) is 34.3 Å². The van der Waals surface area contributed by atoms with Crippen LogP contribution in [0.4, 0.5) is 5.95 Å². The van der Waals surface area contributed by atoms with E-state index in [2.05, 4.69) is 32.2 Å². The van der Waals surface area contributed by atoms with Gasteiger partial charge in [-0.1, -0.05) is 0 Å². The summed E-state index contributed by atoms with van der Waals surface area (Å²) in [6.07, 6.45) is 3.75. The molecule has 2 rings (SSSR count). The average molecular weight is 266 g/mol. The van der Waals surface area contributed by atoms with Crippen molar-refractivity contribution in [3.05, 3.63) is 28.5 Å². The average Bonchev–Trinajstić information content (AvgIpc) is 2.90. The first-order chi connectivity index (χ1) is 8.69. The van der Waals surface area contributed by atoms with Crippen molar-refractivity contribution < 1.29 is 4.74 Å². The molecule has 0 aromatic carbocycles. The fraction of sp³-hybridized carbons (Fsp3) is 0.500. The van der Waals surface area contributed by atoms with E-state index in [0.717, 1.165) is 23.2 Å². The van der Waals surface area contributed by atoms with Crippen LogP contribution in [0.15, 0.2) is 17.8 Å². The van der Waals surface area contributed by atoms with Crippen molar-refractivity contribution in [3.8, 4) is 0 Å². The summed E-state index contributed by atoms with van der Waals surface area (Å²) in [5.41, 5.74) is 1.07. The van der Waals surface area contributed by atoms with Crippen LogP contribution in [-0.2, 0) is 11.3 Å². The number of aryl methyl sites for hydroxylation is 1. The predicted octanol–water partition coefficient (Wildman–Crippen LogP) is 2.14. The van der Waals surface area contributed by atoms with E-state index in [1.807, 2.05) is 13.1 Å². The van der Waals surface area contributed by atoms with E-state index < -0.39 is 0 Å². The Balaban J connectivity index is 2.03. The van der Waals surface area contributed by atoms with E-state index in [-0.39, 0.29) is 6.04 Å². The highest BCUT2D eigenvalue weighted by Gasteiger charge is 2.08. The molecule has 2 aromatic rings. The number of nitrogens with zero attached hydrogens (tertiary/aromatic N) is 3. The number of aromatic nitrogens is 3. The van der Waals surface area contributed by atoms with Gasteiger partial charge in [0.05, 0.1) is 13.2 Å². The van der Waals surface area contributed by atoms with E-state index in [4.69, 9.17) is 4.74 Å². The lowest BCUT2D eigenvalue weighted by atomic mass is 10.4. The number of ether oxygens (including phenoxy) is 1. The number of anilines is 1. The Morgan fingerprint density at radius 1 is 1.56 bits per heavy atom. The molecule has 0 radical (unpaired) electrons. The van der Waals surface area contributed by atoms with E-state index in [9.17, 15) is 0 Å². The highest BCUT2D eigenvalue weighted by atomic mass is 32.1. The summed E-state index contributed by atoms with van der Waals surface area (Å²) in [5.74, 6) is 0.854. The number of imidazole rings is 1. The molecule has 0 saturated carbocycles. The number of rotatable bonds is 6. The molecular formula is C12H18N4OS. The standard InChI is InChI=1S/C12H18N4OS/c1-9(7-17-3)15-12-13-4-5-16(12)6-11-14-10(2)8-18-11/h4-5,8-9H,6-7H2,1-3H3,(H,13,15). The second kappa shape index (κ2) is 5.97. The van der Waals surface area contributed by atoms with Gasteiger partial charge in [0, 0.05) is 36.6 Å². The molecule has 0 amide bonds. The maximum absolute atomic E-state index is 5.10. The van der Waals surface area contributed by atoms with Gasteiger partial charge in [0.1, 0.15) is 5.01 Å². The fourth-order valence-electron chi connectivity index (χ4n) is 1.71. The van der Waals surface area contributed by atoms with Gasteiger partial charge in [-0.3, -0.25) is 0 Å². The molecule has 2 heterocycles. The zero-order valence-corrected chi connectivity index (χ0v) is 11.7. The lowest BCUT2D eigenvalue weighted by molar-refractivity contribution is 0.190. The van der Waals surface area contributed by atoms with Crippen molar-refractivity contribution in [2.24, 2.45) is 0 Å². The summed E-state index contributed by atoms with van der Waals surface area (Å²) < 4.78 is 7.16. The second-order valence-corrected chi connectivity index (χ2v) is 5.20. The third-order valence-electron chi connectivity index (χ3n) is 2.48. The smallest absolute Gasteiger partial charge is 0.203 e. The Hall–Kier alpha value is -1.40. The molecule has 6 heteroatoms. The molecular weight excluding hydrogens is 248 g/mol. The number of thiazole rings is 1. The molecule has 0 aliphatic carbocycles. The third-order valence-corrected chi connectivity index (χ3v) is 3.43. The summed E-state index contributed by atoms with van der Waals surface area (Å²) in [6, 6.07) is 0.231. The zero-order valence-electron chi connectivity index (χ0n) is 10.9. The summed E-state index contributed by atoms with van der Waals surface area (Å²) >= 11 is 1.67. The highest BCUT2D eigenvalue weighted by molar-refractivity contribution is 7.09. The van der Waals surface area contributed by atoms with E-state index in [1.54, 1.807) is 24.6 Å². The molecule has 98 valence electrons. The van der Waals surface area contributed by atoms with E-state index in [0.29, 0.717) is 6.61 Å².